The molecule has 0 atom stereocenters. The van der Waals surface area contributed by atoms with Crippen molar-refractivity contribution in [3.63, 3.8) is 0 Å². The minimum absolute atomic E-state index is 0.210. The topological polar surface area (TPSA) is 96.0 Å². The molecule has 1 aromatic heterocycles. The summed E-state index contributed by atoms with van der Waals surface area (Å²) in [4.78, 5) is 29.4. The molecule has 0 aliphatic rings. The number of methoxy groups -OCH3 is 2. The Balaban J connectivity index is 1.67. The summed E-state index contributed by atoms with van der Waals surface area (Å²) in [5.74, 6) is 0.942. The summed E-state index contributed by atoms with van der Waals surface area (Å²) < 4.78 is 21.0. The smallest absolute Gasteiger partial charge is 0.342 e. The van der Waals surface area contributed by atoms with Crippen LogP contribution in [-0.2, 0) is 4.74 Å². The molecule has 2 aromatic carbocycles. The first-order valence-corrected chi connectivity index (χ1v) is 9.93. The Labute approximate surface area is 186 Å². The zero-order valence-corrected chi connectivity index (χ0v) is 18.1. The molecule has 0 aliphatic carbocycles. The normalized spacial score (nSPS) is 10.2. The number of ether oxygens (including phenoxy) is 4. The number of nitrogens with one attached hydrogen (secondary N) is 1. The van der Waals surface area contributed by atoms with Gasteiger partial charge in [-0.15, -0.1) is 0 Å². The van der Waals surface area contributed by atoms with Crippen molar-refractivity contribution in [2.75, 3.05) is 32.8 Å². The Morgan fingerprint density at radius 1 is 0.969 bits per heavy atom. The Morgan fingerprint density at radius 2 is 1.72 bits per heavy atom. The maximum absolute atomic E-state index is 12.6. The quantitative estimate of drug-likeness (QED) is 0.372. The van der Waals surface area contributed by atoms with Crippen LogP contribution in [0.1, 0.15) is 27.6 Å². The molecule has 3 rings (SSSR count). The molecule has 0 bridgehead atoms. The van der Waals surface area contributed by atoms with Gasteiger partial charge >= 0.3 is 5.97 Å². The molecule has 3 aromatic rings. The predicted octanol–water partition coefficient (Wildman–Crippen LogP) is 4.28. The van der Waals surface area contributed by atoms with Crippen molar-refractivity contribution in [1.82, 2.24) is 4.98 Å². The number of carbonyl (C=O) groups excluding carboxylic acids is 2. The lowest BCUT2D eigenvalue weighted by molar-refractivity contribution is 0.0475. The number of rotatable bonds is 10. The first kappa shape index (κ1) is 22.6. The number of nitrogens with zero attached hydrogens (tertiary/aromatic N) is 1. The number of aromatic nitrogens is 1. The molecule has 8 heteroatoms. The summed E-state index contributed by atoms with van der Waals surface area (Å²) in [5, 5.41) is 3.09. The summed E-state index contributed by atoms with van der Waals surface area (Å²) >= 11 is 0. The van der Waals surface area contributed by atoms with E-state index in [0.717, 1.165) is 11.4 Å². The van der Waals surface area contributed by atoms with Gasteiger partial charge in [-0.1, -0.05) is 0 Å². The molecule has 0 fully saturated rings. The van der Waals surface area contributed by atoms with Gasteiger partial charge in [0.2, 0.25) is 0 Å². The van der Waals surface area contributed by atoms with Crippen LogP contribution in [0, 0.1) is 0 Å². The molecule has 0 radical (unpaired) electrons. The van der Waals surface area contributed by atoms with Crippen LogP contribution in [0.25, 0.3) is 0 Å². The van der Waals surface area contributed by atoms with E-state index in [9.17, 15) is 9.59 Å². The summed E-state index contributed by atoms with van der Waals surface area (Å²) in [6, 6.07) is 15.2. The van der Waals surface area contributed by atoms with Crippen LogP contribution in [0.4, 0.5) is 11.5 Å². The average molecular weight is 436 g/mol. The van der Waals surface area contributed by atoms with E-state index in [4.69, 9.17) is 18.9 Å². The maximum atomic E-state index is 12.6. The van der Waals surface area contributed by atoms with Crippen molar-refractivity contribution in [1.29, 1.82) is 0 Å². The highest BCUT2D eigenvalue weighted by Gasteiger charge is 2.17. The zero-order chi connectivity index (χ0) is 22.9. The molecule has 1 heterocycles. The van der Waals surface area contributed by atoms with Gasteiger partial charge in [-0.05, 0) is 61.5 Å². The lowest BCUT2D eigenvalue weighted by Crippen LogP contribution is -2.16. The van der Waals surface area contributed by atoms with Crippen molar-refractivity contribution < 1.29 is 28.5 Å². The second-order valence-electron chi connectivity index (χ2n) is 6.55. The number of pyridine rings is 1. The van der Waals surface area contributed by atoms with Gasteiger partial charge < -0.3 is 24.3 Å². The summed E-state index contributed by atoms with van der Waals surface area (Å²) in [6.07, 6.45) is 1.56. The highest BCUT2D eigenvalue weighted by molar-refractivity contribution is 6.01. The van der Waals surface area contributed by atoms with Gasteiger partial charge in [0.25, 0.3) is 0 Å². The van der Waals surface area contributed by atoms with Crippen LogP contribution in [0.15, 0.2) is 60.8 Å². The minimum atomic E-state index is -0.666. The van der Waals surface area contributed by atoms with Crippen molar-refractivity contribution in [3.8, 4) is 17.2 Å². The van der Waals surface area contributed by atoms with Gasteiger partial charge in [-0.3, -0.25) is 4.79 Å². The number of carbonyl (C=O) groups is 2. The van der Waals surface area contributed by atoms with Gasteiger partial charge in [0.05, 0.1) is 20.8 Å². The lowest BCUT2D eigenvalue weighted by Gasteiger charge is -2.12. The van der Waals surface area contributed by atoms with E-state index in [1.165, 1.54) is 20.3 Å². The Kier molecular flexibility index (Phi) is 7.64. The fourth-order valence-electron chi connectivity index (χ4n) is 2.91. The van der Waals surface area contributed by atoms with Crippen molar-refractivity contribution in [2.24, 2.45) is 0 Å². The van der Waals surface area contributed by atoms with Crippen LogP contribution in [0.5, 0.6) is 17.2 Å². The van der Waals surface area contributed by atoms with E-state index in [1.807, 2.05) is 31.2 Å². The predicted molar refractivity (Wildman–Crippen MR) is 119 cm³/mol. The van der Waals surface area contributed by atoms with Crippen molar-refractivity contribution >= 4 is 23.3 Å². The van der Waals surface area contributed by atoms with E-state index < -0.39 is 12.6 Å². The second kappa shape index (κ2) is 10.8. The second-order valence-corrected chi connectivity index (χ2v) is 6.55. The number of ketones is 1. The SMILES string of the molecule is CCOc1ccc(Nc2ncccc2C(=O)OCC(=O)c2ccc(OC)c(OC)c2)cc1. The largest absolute Gasteiger partial charge is 0.494 e. The number of hydrogen-bond donors (Lipinski definition) is 1. The standard InChI is InChI=1S/C24H24N2O6/c1-4-31-18-10-8-17(9-11-18)26-23-19(6-5-13-25-23)24(28)32-15-20(27)16-7-12-21(29-2)22(14-16)30-3/h5-14H,4,15H2,1-3H3,(H,25,26). The molecule has 0 spiro atoms. The van der Waals surface area contributed by atoms with Gasteiger partial charge in [0.15, 0.2) is 23.9 Å². The first-order chi connectivity index (χ1) is 15.5. The molecule has 0 saturated heterocycles. The number of anilines is 2. The Morgan fingerprint density at radius 3 is 2.41 bits per heavy atom. The molecule has 0 amide bonds. The number of esters is 1. The third kappa shape index (κ3) is 5.54. The monoisotopic (exact) mass is 436 g/mol. The summed E-state index contributed by atoms with van der Waals surface area (Å²) in [6.45, 7) is 2.06. The fraction of sp³-hybridized carbons (Fsp3) is 0.208. The van der Waals surface area contributed by atoms with Crippen LogP contribution in [-0.4, -0.2) is 44.2 Å². The highest BCUT2D eigenvalue weighted by Crippen LogP contribution is 2.28. The van der Waals surface area contributed by atoms with Gasteiger partial charge in [0.1, 0.15) is 17.1 Å². The van der Waals surface area contributed by atoms with Gasteiger partial charge in [0, 0.05) is 17.4 Å². The molecule has 1 N–H and O–H groups in total. The molecule has 0 saturated carbocycles. The van der Waals surface area contributed by atoms with Gasteiger partial charge in [-0.25, -0.2) is 9.78 Å². The van der Waals surface area contributed by atoms with Crippen LogP contribution < -0.4 is 19.5 Å². The van der Waals surface area contributed by atoms with Crippen LogP contribution in [0.3, 0.4) is 0 Å². The molecule has 166 valence electrons. The van der Waals surface area contributed by atoms with E-state index in [-0.39, 0.29) is 11.3 Å². The number of Topliss-reactive ketones (excluding diaryl/α,β-unsaturated/α-hetero) is 1. The zero-order valence-electron chi connectivity index (χ0n) is 18.1. The third-order valence-electron chi connectivity index (χ3n) is 4.50. The van der Waals surface area contributed by atoms with E-state index >= 15 is 0 Å². The maximum Gasteiger partial charge on any atom is 0.342 e. The molecular weight excluding hydrogens is 412 g/mol. The summed E-state index contributed by atoms with van der Waals surface area (Å²) in [5.41, 5.74) is 1.28. The molecule has 8 nitrogen and oxygen atoms in total. The number of hydrogen-bond acceptors (Lipinski definition) is 8. The van der Waals surface area contributed by atoms with Gasteiger partial charge in [-0.2, -0.15) is 0 Å². The van der Waals surface area contributed by atoms with E-state index in [2.05, 4.69) is 10.3 Å². The molecular formula is C24H24N2O6. The summed E-state index contributed by atoms with van der Waals surface area (Å²) in [7, 11) is 2.99. The lowest BCUT2D eigenvalue weighted by atomic mass is 10.1. The molecule has 0 aliphatic heterocycles. The molecule has 32 heavy (non-hydrogen) atoms. The van der Waals surface area contributed by atoms with E-state index in [1.54, 1.807) is 30.5 Å². The minimum Gasteiger partial charge on any atom is -0.494 e. The van der Waals surface area contributed by atoms with Crippen LogP contribution in [0.2, 0.25) is 0 Å². The third-order valence-corrected chi connectivity index (χ3v) is 4.50. The first-order valence-electron chi connectivity index (χ1n) is 9.93. The number of benzene rings is 2. The molecule has 0 unspecified atom stereocenters. The van der Waals surface area contributed by atoms with Crippen LogP contribution >= 0.6 is 0 Å². The van der Waals surface area contributed by atoms with E-state index in [0.29, 0.717) is 29.5 Å². The average Bonchev–Trinajstić information content (AvgIpc) is 2.83. The van der Waals surface area contributed by atoms with Crippen molar-refractivity contribution in [2.45, 2.75) is 6.92 Å². The Hall–Kier alpha value is -4.07. The Bertz CT molecular complexity index is 1080. The fourth-order valence-corrected chi connectivity index (χ4v) is 2.91. The van der Waals surface area contributed by atoms with Crippen molar-refractivity contribution in [3.05, 3.63) is 71.9 Å². The highest BCUT2D eigenvalue weighted by atomic mass is 16.5.